The van der Waals surface area contributed by atoms with Gasteiger partial charge in [0.15, 0.2) is 5.82 Å². The lowest BCUT2D eigenvalue weighted by Crippen LogP contribution is -2.47. The minimum absolute atomic E-state index is 0.248. The fourth-order valence-electron chi connectivity index (χ4n) is 4.29. The Morgan fingerprint density at radius 1 is 1.15 bits per heavy atom. The SMILES string of the molecule is COc1nc(-c2c[nH]c(C3(NC(=O)c4ccc(OC(F)(F)F)cc4)CCCCC3)c2)ncc1C. The highest BCUT2D eigenvalue weighted by atomic mass is 19.4. The molecule has 1 fully saturated rings. The largest absolute Gasteiger partial charge is 0.573 e. The standard InChI is InChI=1S/C24H25F3N4O3/c1-15-13-29-20(30-22(15)33-2)17-12-19(28-14-17)23(10-4-3-5-11-23)31-21(32)16-6-8-18(9-7-16)34-24(25,26)27/h6-9,12-14,28H,3-5,10-11H2,1-2H3,(H,31,32). The number of carbonyl (C=O) groups excluding carboxylic acids is 1. The van der Waals surface area contributed by atoms with Crippen LogP contribution in [0.1, 0.15) is 53.7 Å². The predicted octanol–water partition coefficient (Wildman–Crippen LogP) is 5.28. The van der Waals surface area contributed by atoms with Crippen molar-refractivity contribution in [1.82, 2.24) is 20.3 Å². The summed E-state index contributed by atoms with van der Waals surface area (Å²) in [4.78, 5) is 25.2. The highest BCUT2D eigenvalue weighted by molar-refractivity contribution is 5.95. The number of carbonyl (C=O) groups is 1. The molecule has 2 heterocycles. The molecule has 0 aliphatic heterocycles. The second-order valence-corrected chi connectivity index (χ2v) is 8.36. The van der Waals surface area contributed by atoms with Crippen LogP contribution < -0.4 is 14.8 Å². The molecular formula is C24H25F3N4O3. The van der Waals surface area contributed by atoms with Crippen LogP contribution in [0.2, 0.25) is 0 Å². The fourth-order valence-corrected chi connectivity index (χ4v) is 4.29. The van der Waals surface area contributed by atoms with E-state index in [-0.39, 0.29) is 17.2 Å². The van der Waals surface area contributed by atoms with Crippen molar-refractivity contribution in [3.05, 3.63) is 59.5 Å². The third-order valence-electron chi connectivity index (χ3n) is 5.99. The molecule has 0 bridgehead atoms. The van der Waals surface area contributed by atoms with Gasteiger partial charge < -0.3 is 19.8 Å². The zero-order valence-electron chi connectivity index (χ0n) is 18.8. The molecule has 10 heteroatoms. The molecule has 1 aliphatic carbocycles. The van der Waals surface area contributed by atoms with E-state index in [9.17, 15) is 18.0 Å². The number of H-pyrrole nitrogens is 1. The Kier molecular flexibility index (Phi) is 6.49. The van der Waals surface area contributed by atoms with E-state index < -0.39 is 11.9 Å². The Bertz CT molecular complexity index is 1150. The topological polar surface area (TPSA) is 89.1 Å². The molecule has 0 spiro atoms. The van der Waals surface area contributed by atoms with Gasteiger partial charge in [0.1, 0.15) is 5.75 Å². The number of aryl methyl sites for hydroxylation is 1. The average Bonchev–Trinajstić information content (AvgIpc) is 3.30. The molecule has 3 aromatic rings. The van der Waals surface area contributed by atoms with E-state index in [1.54, 1.807) is 19.5 Å². The minimum atomic E-state index is -4.79. The number of aromatic amines is 1. The van der Waals surface area contributed by atoms with Crippen LogP contribution in [-0.4, -0.2) is 34.3 Å². The molecule has 1 aromatic carbocycles. The molecule has 0 unspecified atom stereocenters. The number of rotatable bonds is 6. The maximum atomic E-state index is 13.1. The summed E-state index contributed by atoms with van der Waals surface area (Å²) < 4.78 is 46.4. The number of nitrogens with zero attached hydrogens (tertiary/aromatic N) is 2. The molecule has 1 aliphatic rings. The van der Waals surface area contributed by atoms with Gasteiger partial charge in [0, 0.05) is 34.8 Å². The van der Waals surface area contributed by atoms with E-state index in [0.717, 1.165) is 61.1 Å². The number of aromatic nitrogens is 3. The zero-order chi connectivity index (χ0) is 24.3. The minimum Gasteiger partial charge on any atom is -0.481 e. The van der Waals surface area contributed by atoms with Crippen LogP contribution in [0.15, 0.2) is 42.7 Å². The molecule has 2 aromatic heterocycles. The van der Waals surface area contributed by atoms with Crippen molar-refractivity contribution in [3.8, 4) is 23.0 Å². The van der Waals surface area contributed by atoms with Crippen molar-refractivity contribution in [3.63, 3.8) is 0 Å². The number of amides is 1. The van der Waals surface area contributed by atoms with E-state index in [1.807, 2.05) is 13.0 Å². The van der Waals surface area contributed by atoms with Crippen molar-refractivity contribution < 1.29 is 27.4 Å². The summed E-state index contributed by atoms with van der Waals surface area (Å²) in [6.07, 6.45) is 3.09. The van der Waals surface area contributed by atoms with E-state index in [4.69, 9.17) is 4.74 Å². The first-order valence-corrected chi connectivity index (χ1v) is 10.9. The number of hydrogen-bond acceptors (Lipinski definition) is 5. The Labute approximate surface area is 194 Å². The summed E-state index contributed by atoms with van der Waals surface area (Å²) in [5, 5.41) is 3.13. The van der Waals surface area contributed by atoms with Crippen molar-refractivity contribution in [2.75, 3.05) is 7.11 Å². The third-order valence-corrected chi connectivity index (χ3v) is 5.99. The van der Waals surface area contributed by atoms with Gasteiger partial charge >= 0.3 is 6.36 Å². The summed E-state index contributed by atoms with van der Waals surface area (Å²) >= 11 is 0. The lowest BCUT2D eigenvalue weighted by Gasteiger charge is -2.37. The number of hydrogen-bond donors (Lipinski definition) is 2. The van der Waals surface area contributed by atoms with Crippen LogP contribution in [0.4, 0.5) is 13.2 Å². The number of halogens is 3. The number of ether oxygens (including phenoxy) is 2. The second-order valence-electron chi connectivity index (χ2n) is 8.36. The summed E-state index contributed by atoms with van der Waals surface area (Å²) in [7, 11) is 1.55. The van der Waals surface area contributed by atoms with Gasteiger partial charge in [-0.25, -0.2) is 4.98 Å². The van der Waals surface area contributed by atoms with Crippen LogP contribution in [0.25, 0.3) is 11.4 Å². The monoisotopic (exact) mass is 474 g/mol. The van der Waals surface area contributed by atoms with Gasteiger partial charge in [-0.05, 0) is 50.1 Å². The third kappa shape index (κ3) is 5.16. The summed E-state index contributed by atoms with van der Waals surface area (Å²) in [5.41, 5.74) is 2.03. The Morgan fingerprint density at radius 3 is 2.50 bits per heavy atom. The summed E-state index contributed by atoms with van der Waals surface area (Å²) in [6, 6.07) is 6.82. The van der Waals surface area contributed by atoms with Gasteiger partial charge in [0.05, 0.1) is 12.6 Å². The van der Waals surface area contributed by atoms with Gasteiger partial charge in [-0.1, -0.05) is 19.3 Å². The number of benzene rings is 1. The highest BCUT2D eigenvalue weighted by Gasteiger charge is 2.37. The normalized spacial score (nSPS) is 15.6. The first-order chi connectivity index (χ1) is 16.2. The lowest BCUT2D eigenvalue weighted by atomic mass is 9.79. The smallest absolute Gasteiger partial charge is 0.481 e. The molecule has 180 valence electrons. The molecule has 0 radical (unpaired) electrons. The molecular weight excluding hydrogens is 449 g/mol. The molecule has 1 amide bonds. The maximum Gasteiger partial charge on any atom is 0.573 e. The van der Waals surface area contributed by atoms with Gasteiger partial charge in [-0.3, -0.25) is 4.79 Å². The van der Waals surface area contributed by atoms with Crippen LogP contribution in [0, 0.1) is 6.92 Å². The first kappa shape index (κ1) is 23.6. The van der Waals surface area contributed by atoms with E-state index in [1.165, 1.54) is 12.1 Å². The quantitative estimate of drug-likeness (QED) is 0.508. The van der Waals surface area contributed by atoms with Crippen LogP contribution in [0.3, 0.4) is 0 Å². The Hall–Kier alpha value is -3.56. The van der Waals surface area contributed by atoms with Crippen molar-refractivity contribution in [2.24, 2.45) is 0 Å². The fraction of sp³-hybridized carbons (Fsp3) is 0.375. The first-order valence-electron chi connectivity index (χ1n) is 10.9. The molecule has 0 atom stereocenters. The summed E-state index contributed by atoms with van der Waals surface area (Å²) in [5.74, 6) is 0.248. The Balaban J connectivity index is 1.58. The molecule has 1 saturated carbocycles. The van der Waals surface area contributed by atoms with Gasteiger partial charge in [0.25, 0.3) is 5.91 Å². The number of nitrogens with one attached hydrogen (secondary N) is 2. The zero-order valence-corrected chi connectivity index (χ0v) is 18.8. The lowest BCUT2D eigenvalue weighted by molar-refractivity contribution is -0.274. The molecule has 7 nitrogen and oxygen atoms in total. The van der Waals surface area contributed by atoms with Crippen LogP contribution in [-0.2, 0) is 5.54 Å². The van der Waals surface area contributed by atoms with Crippen molar-refractivity contribution >= 4 is 5.91 Å². The molecule has 4 rings (SSSR count). The maximum absolute atomic E-state index is 13.1. The summed E-state index contributed by atoms with van der Waals surface area (Å²) in [6.45, 7) is 1.86. The van der Waals surface area contributed by atoms with Crippen LogP contribution in [0.5, 0.6) is 11.6 Å². The molecule has 0 saturated heterocycles. The number of methoxy groups -OCH3 is 1. The van der Waals surface area contributed by atoms with E-state index in [2.05, 4.69) is 25.0 Å². The van der Waals surface area contributed by atoms with E-state index in [0.29, 0.717) is 11.7 Å². The number of alkyl halides is 3. The highest BCUT2D eigenvalue weighted by Crippen LogP contribution is 2.38. The van der Waals surface area contributed by atoms with Crippen molar-refractivity contribution in [1.29, 1.82) is 0 Å². The average molecular weight is 474 g/mol. The van der Waals surface area contributed by atoms with Gasteiger partial charge in [-0.2, -0.15) is 4.98 Å². The molecule has 2 N–H and O–H groups in total. The molecule has 34 heavy (non-hydrogen) atoms. The van der Waals surface area contributed by atoms with Crippen LogP contribution >= 0.6 is 0 Å². The second kappa shape index (κ2) is 9.36. The van der Waals surface area contributed by atoms with Gasteiger partial charge in [-0.15, -0.1) is 13.2 Å². The predicted molar refractivity (Wildman–Crippen MR) is 118 cm³/mol. The van der Waals surface area contributed by atoms with E-state index >= 15 is 0 Å². The Morgan fingerprint density at radius 2 is 1.85 bits per heavy atom. The van der Waals surface area contributed by atoms with Gasteiger partial charge in [0.2, 0.25) is 5.88 Å². The van der Waals surface area contributed by atoms with Crippen molar-refractivity contribution in [2.45, 2.75) is 50.9 Å².